The molecule has 104 valence electrons. The Bertz CT molecular complexity index is 444. The van der Waals surface area contributed by atoms with Gasteiger partial charge in [0.2, 0.25) is 5.91 Å². The lowest BCUT2D eigenvalue weighted by Crippen LogP contribution is -2.43. The van der Waals surface area contributed by atoms with Gasteiger partial charge in [-0.3, -0.25) is 4.79 Å². The lowest BCUT2D eigenvalue weighted by atomic mass is 9.91. The first kappa shape index (κ1) is 14.1. The maximum absolute atomic E-state index is 12.4. The number of hydrogen-bond donors (Lipinski definition) is 1. The summed E-state index contributed by atoms with van der Waals surface area (Å²) in [5.41, 5.74) is 2.48. The van der Waals surface area contributed by atoms with Crippen LogP contribution in [-0.4, -0.2) is 30.9 Å². The molecule has 2 unspecified atom stereocenters. The van der Waals surface area contributed by atoms with Crippen LogP contribution in [0.3, 0.4) is 0 Å². The predicted molar refractivity (Wildman–Crippen MR) is 77.8 cm³/mol. The van der Waals surface area contributed by atoms with E-state index < -0.39 is 0 Å². The van der Waals surface area contributed by atoms with Crippen molar-refractivity contribution in [1.82, 2.24) is 10.2 Å². The van der Waals surface area contributed by atoms with E-state index in [1.54, 1.807) is 0 Å². The van der Waals surface area contributed by atoms with Gasteiger partial charge in [-0.15, -0.1) is 0 Å². The Kier molecular flexibility index (Phi) is 4.59. The van der Waals surface area contributed by atoms with Gasteiger partial charge in [-0.1, -0.05) is 31.2 Å². The molecule has 3 nitrogen and oxygen atoms in total. The van der Waals surface area contributed by atoms with Crippen LogP contribution < -0.4 is 5.32 Å². The Morgan fingerprint density at radius 1 is 1.37 bits per heavy atom. The Morgan fingerprint density at radius 3 is 2.79 bits per heavy atom. The number of piperidine rings is 1. The van der Waals surface area contributed by atoms with E-state index in [2.05, 4.69) is 31.3 Å². The fourth-order valence-corrected chi connectivity index (χ4v) is 2.78. The minimum atomic E-state index is 0.137. The second-order valence-corrected chi connectivity index (χ2v) is 5.82. The molecule has 0 bridgehead atoms. The van der Waals surface area contributed by atoms with Crippen molar-refractivity contribution < 1.29 is 4.79 Å². The molecule has 1 aromatic carbocycles. The van der Waals surface area contributed by atoms with Gasteiger partial charge in [-0.05, 0) is 36.9 Å². The molecule has 1 heterocycles. The number of benzene rings is 1. The number of amides is 1. The third-order valence-corrected chi connectivity index (χ3v) is 3.96. The number of rotatable bonds is 3. The van der Waals surface area contributed by atoms with Gasteiger partial charge >= 0.3 is 0 Å². The van der Waals surface area contributed by atoms with Crippen molar-refractivity contribution in [2.45, 2.75) is 26.8 Å². The summed E-state index contributed by atoms with van der Waals surface area (Å²) in [7, 11) is 1.91. The van der Waals surface area contributed by atoms with Gasteiger partial charge in [0.25, 0.3) is 0 Å². The molecule has 2 atom stereocenters. The smallest absolute Gasteiger partial charge is 0.227 e. The second-order valence-electron chi connectivity index (χ2n) is 5.82. The standard InChI is InChI=1S/C16H24N2O/c1-12-8-15(10-17-9-12)16(19)18(3)11-14-7-5-4-6-13(14)2/h4-7,12,15,17H,8-11H2,1-3H3. The number of aryl methyl sites for hydroxylation is 1. The summed E-state index contributed by atoms with van der Waals surface area (Å²) in [5.74, 6) is 0.995. The summed E-state index contributed by atoms with van der Waals surface area (Å²) >= 11 is 0. The topological polar surface area (TPSA) is 32.3 Å². The van der Waals surface area contributed by atoms with Crippen molar-refractivity contribution in [1.29, 1.82) is 0 Å². The van der Waals surface area contributed by atoms with Crippen LogP contribution in [0, 0.1) is 18.8 Å². The Morgan fingerprint density at radius 2 is 2.11 bits per heavy atom. The third kappa shape index (κ3) is 3.57. The van der Waals surface area contributed by atoms with Crippen LogP contribution in [0.5, 0.6) is 0 Å². The molecule has 1 aliphatic rings. The molecule has 0 radical (unpaired) electrons. The molecule has 1 amide bonds. The van der Waals surface area contributed by atoms with E-state index in [9.17, 15) is 4.79 Å². The van der Waals surface area contributed by atoms with Crippen LogP contribution in [0.4, 0.5) is 0 Å². The molecule has 1 fully saturated rings. The van der Waals surface area contributed by atoms with E-state index in [1.165, 1.54) is 11.1 Å². The molecule has 0 saturated carbocycles. The van der Waals surface area contributed by atoms with Crippen LogP contribution in [0.15, 0.2) is 24.3 Å². The number of carbonyl (C=O) groups is 1. The monoisotopic (exact) mass is 260 g/mol. The van der Waals surface area contributed by atoms with E-state index in [-0.39, 0.29) is 11.8 Å². The molecule has 0 spiro atoms. The number of nitrogens with zero attached hydrogens (tertiary/aromatic N) is 1. The molecule has 0 aromatic heterocycles. The van der Waals surface area contributed by atoms with Crippen LogP contribution in [0.25, 0.3) is 0 Å². The summed E-state index contributed by atoms with van der Waals surface area (Å²) in [5, 5.41) is 3.35. The van der Waals surface area contributed by atoms with E-state index >= 15 is 0 Å². The summed E-state index contributed by atoms with van der Waals surface area (Å²) in [6.45, 7) is 6.86. The maximum atomic E-state index is 12.4. The van der Waals surface area contributed by atoms with Crippen LogP contribution in [-0.2, 0) is 11.3 Å². The lowest BCUT2D eigenvalue weighted by Gasteiger charge is -2.30. The normalized spacial score (nSPS) is 23.1. The molecule has 0 aliphatic carbocycles. The highest BCUT2D eigenvalue weighted by atomic mass is 16.2. The summed E-state index contributed by atoms with van der Waals surface area (Å²) in [6, 6.07) is 8.26. The van der Waals surface area contributed by atoms with Gasteiger partial charge in [-0.25, -0.2) is 0 Å². The third-order valence-electron chi connectivity index (χ3n) is 3.96. The maximum Gasteiger partial charge on any atom is 0.227 e. The number of nitrogens with one attached hydrogen (secondary N) is 1. The fourth-order valence-electron chi connectivity index (χ4n) is 2.78. The van der Waals surface area contributed by atoms with Crippen LogP contribution in [0.1, 0.15) is 24.5 Å². The molecule has 1 aromatic rings. The Labute approximate surface area is 116 Å². The predicted octanol–water partition coefficient (Wildman–Crippen LogP) is 2.20. The first-order chi connectivity index (χ1) is 9.08. The molecule has 1 N–H and O–H groups in total. The highest BCUT2D eigenvalue weighted by Gasteiger charge is 2.27. The van der Waals surface area contributed by atoms with Crippen molar-refractivity contribution in [3.63, 3.8) is 0 Å². The fraction of sp³-hybridized carbons (Fsp3) is 0.562. The minimum Gasteiger partial charge on any atom is -0.341 e. The van der Waals surface area contributed by atoms with Gasteiger partial charge in [0.1, 0.15) is 0 Å². The average Bonchev–Trinajstić information content (AvgIpc) is 2.40. The molecule has 1 saturated heterocycles. The van der Waals surface area contributed by atoms with Crippen molar-refractivity contribution >= 4 is 5.91 Å². The zero-order chi connectivity index (χ0) is 13.8. The zero-order valence-corrected chi connectivity index (χ0v) is 12.1. The second kappa shape index (κ2) is 6.20. The van der Waals surface area contributed by atoms with Gasteiger partial charge in [-0.2, -0.15) is 0 Å². The highest BCUT2D eigenvalue weighted by Crippen LogP contribution is 2.19. The van der Waals surface area contributed by atoms with Crippen molar-refractivity contribution in [3.8, 4) is 0 Å². The quantitative estimate of drug-likeness (QED) is 0.903. The Balaban J connectivity index is 1.97. The van der Waals surface area contributed by atoms with E-state index in [4.69, 9.17) is 0 Å². The molecule has 19 heavy (non-hydrogen) atoms. The average molecular weight is 260 g/mol. The van der Waals surface area contributed by atoms with Crippen LogP contribution >= 0.6 is 0 Å². The minimum absolute atomic E-state index is 0.137. The van der Waals surface area contributed by atoms with E-state index in [1.807, 2.05) is 24.1 Å². The largest absolute Gasteiger partial charge is 0.341 e. The van der Waals surface area contributed by atoms with Gasteiger partial charge in [0, 0.05) is 20.1 Å². The van der Waals surface area contributed by atoms with Gasteiger partial charge in [0.05, 0.1) is 5.92 Å². The SMILES string of the molecule is Cc1ccccc1CN(C)C(=O)C1CNCC(C)C1. The molecule has 1 aliphatic heterocycles. The highest BCUT2D eigenvalue weighted by molar-refractivity contribution is 5.79. The Hall–Kier alpha value is -1.35. The number of hydrogen-bond acceptors (Lipinski definition) is 2. The van der Waals surface area contributed by atoms with Crippen LogP contribution in [0.2, 0.25) is 0 Å². The first-order valence-electron chi connectivity index (χ1n) is 7.08. The van der Waals surface area contributed by atoms with E-state index in [0.717, 1.165) is 19.5 Å². The molecular weight excluding hydrogens is 236 g/mol. The summed E-state index contributed by atoms with van der Waals surface area (Å²) < 4.78 is 0. The van der Waals surface area contributed by atoms with Crippen molar-refractivity contribution in [2.75, 3.05) is 20.1 Å². The molecular formula is C16H24N2O. The number of carbonyl (C=O) groups excluding carboxylic acids is 1. The first-order valence-corrected chi connectivity index (χ1v) is 7.08. The summed E-state index contributed by atoms with van der Waals surface area (Å²) in [4.78, 5) is 14.3. The lowest BCUT2D eigenvalue weighted by molar-refractivity contribution is -0.135. The molecule has 2 rings (SSSR count). The van der Waals surface area contributed by atoms with Crippen molar-refractivity contribution in [3.05, 3.63) is 35.4 Å². The zero-order valence-electron chi connectivity index (χ0n) is 12.1. The van der Waals surface area contributed by atoms with Crippen molar-refractivity contribution in [2.24, 2.45) is 11.8 Å². The van der Waals surface area contributed by atoms with Gasteiger partial charge in [0.15, 0.2) is 0 Å². The summed E-state index contributed by atoms with van der Waals surface area (Å²) in [6.07, 6.45) is 1.00. The van der Waals surface area contributed by atoms with Gasteiger partial charge < -0.3 is 10.2 Å². The van der Waals surface area contributed by atoms with E-state index in [0.29, 0.717) is 12.5 Å². The molecule has 3 heteroatoms.